The molecule has 0 fully saturated rings. The molecule has 21 heavy (non-hydrogen) atoms. The van der Waals surface area contributed by atoms with E-state index in [1.807, 2.05) is 0 Å². The van der Waals surface area contributed by atoms with Gasteiger partial charge in [-0.05, 0) is 34.1 Å². The number of benzene rings is 1. The van der Waals surface area contributed by atoms with Gasteiger partial charge in [0.25, 0.3) is 15.7 Å². The number of nitrogens with zero attached hydrogens (tertiary/aromatic N) is 2. The predicted octanol–water partition coefficient (Wildman–Crippen LogP) is 3.21. The lowest BCUT2D eigenvalue weighted by Gasteiger charge is -2.08. The zero-order valence-electron chi connectivity index (χ0n) is 10.2. The van der Waals surface area contributed by atoms with Crippen molar-refractivity contribution in [3.8, 4) is 0 Å². The molecule has 1 N–H and O–H groups in total. The third kappa shape index (κ3) is 3.69. The van der Waals surface area contributed by atoms with Crippen molar-refractivity contribution in [1.82, 2.24) is 4.98 Å². The van der Waals surface area contributed by atoms with Crippen LogP contribution in [0, 0.1) is 10.1 Å². The van der Waals surface area contributed by atoms with E-state index in [4.69, 9.17) is 11.6 Å². The van der Waals surface area contributed by atoms with Gasteiger partial charge in [-0.2, -0.15) is 0 Å². The molecule has 0 aliphatic heterocycles. The molecule has 0 aliphatic carbocycles. The van der Waals surface area contributed by atoms with E-state index in [9.17, 15) is 18.5 Å². The van der Waals surface area contributed by atoms with Crippen LogP contribution in [0.3, 0.4) is 0 Å². The Morgan fingerprint density at radius 2 is 2.00 bits per heavy atom. The van der Waals surface area contributed by atoms with Crippen molar-refractivity contribution in [2.75, 3.05) is 4.72 Å². The topological polar surface area (TPSA) is 102 Å². The number of halogens is 2. The molecule has 0 amide bonds. The van der Waals surface area contributed by atoms with Crippen molar-refractivity contribution < 1.29 is 13.3 Å². The summed E-state index contributed by atoms with van der Waals surface area (Å²) in [4.78, 5) is 13.6. The number of pyridine rings is 1. The van der Waals surface area contributed by atoms with E-state index in [0.717, 1.165) is 18.2 Å². The number of sulfonamides is 1. The lowest BCUT2D eigenvalue weighted by atomic mass is 10.3. The summed E-state index contributed by atoms with van der Waals surface area (Å²) >= 11 is 8.92. The van der Waals surface area contributed by atoms with Crippen LogP contribution < -0.4 is 4.72 Å². The highest BCUT2D eigenvalue weighted by atomic mass is 79.9. The highest BCUT2D eigenvalue weighted by Gasteiger charge is 2.21. The number of non-ortho nitro benzene ring substituents is 1. The van der Waals surface area contributed by atoms with Gasteiger partial charge in [0.2, 0.25) is 0 Å². The van der Waals surface area contributed by atoms with Gasteiger partial charge in [-0.1, -0.05) is 17.7 Å². The summed E-state index contributed by atoms with van der Waals surface area (Å²) in [6.07, 6.45) is 0. The van der Waals surface area contributed by atoms with Gasteiger partial charge in [0, 0.05) is 12.1 Å². The SMILES string of the molecule is O=[N+]([O-])c1ccc(S(=O)(=O)Nc2cccc(Br)n2)c(Cl)c1. The van der Waals surface area contributed by atoms with Gasteiger partial charge >= 0.3 is 0 Å². The number of anilines is 1. The molecule has 0 saturated heterocycles. The van der Waals surface area contributed by atoms with Gasteiger partial charge in [-0.25, -0.2) is 13.4 Å². The van der Waals surface area contributed by atoms with Crippen molar-refractivity contribution in [3.63, 3.8) is 0 Å². The number of rotatable bonds is 4. The van der Waals surface area contributed by atoms with Crippen LogP contribution >= 0.6 is 27.5 Å². The second-order valence-electron chi connectivity index (χ2n) is 3.82. The fourth-order valence-electron chi connectivity index (χ4n) is 1.48. The Bertz CT molecular complexity index is 813. The summed E-state index contributed by atoms with van der Waals surface area (Å²) in [5.41, 5.74) is -0.292. The van der Waals surface area contributed by atoms with Crippen molar-refractivity contribution in [2.24, 2.45) is 0 Å². The third-order valence-electron chi connectivity index (χ3n) is 2.37. The first-order valence-corrected chi connectivity index (χ1v) is 8.04. The maximum atomic E-state index is 12.2. The highest BCUT2D eigenvalue weighted by molar-refractivity contribution is 9.10. The monoisotopic (exact) mass is 391 g/mol. The summed E-state index contributed by atoms with van der Waals surface area (Å²) in [7, 11) is -3.99. The average Bonchev–Trinajstić information content (AvgIpc) is 2.37. The summed E-state index contributed by atoms with van der Waals surface area (Å²) < 4.78 is 27.1. The van der Waals surface area contributed by atoms with E-state index >= 15 is 0 Å². The minimum atomic E-state index is -3.99. The van der Waals surface area contributed by atoms with Crippen molar-refractivity contribution >= 4 is 49.1 Å². The number of nitrogens with one attached hydrogen (secondary N) is 1. The lowest BCUT2D eigenvalue weighted by Crippen LogP contribution is -2.14. The molecular weight excluding hydrogens is 386 g/mol. The Kier molecular flexibility index (Phi) is 4.45. The third-order valence-corrected chi connectivity index (χ3v) is 4.65. The molecule has 0 saturated carbocycles. The van der Waals surface area contributed by atoms with Crippen LogP contribution in [0.15, 0.2) is 45.9 Å². The van der Waals surface area contributed by atoms with E-state index < -0.39 is 14.9 Å². The molecule has 0 aliphatic rings. The summed E-state index contributed by atoms with van der Waals surface area (Å²) in [5.74, 6) is 0.0961. The predicted molar refractivity (Wildman–Crippen MR) is 80.9 cm³/mol. The molecule has 0 spiro atoms. The Morgan fingerprint density at radius 3 is 2.57 bits per heavy atom. The van der Waals surface area contributed by atoms with Crippen LogP contribution in [0.5, 0.6) is 0 Å². The van der Waals surface area contributed by atoms with Crippen LogP contribution in [0.25, 0.3) is 0 Å². The van der Waals surface area contributed by atoms with E-state index in [1.54, 1.807) is 12.1 Å². The lowest BCUT2D eigenvalue weighted by molar-refractivity contribution is -0.384. The van der Waals surface area contributed by atoms with Gasteiger partial charge in [-0.3, -0.25) is 14.8 Å². The van der Waals surface area contributed by atoms with Gasteiger partial charge in [0.05, 0.1) is 9.95 Å². The number of nitro benzene ring substituents is 1. The molecule has 1 aromatic carbocycles. The number of nitro groups is 1. The molecule has 1 aromatic heterocycles. The molecule has 2 aromatic rings. The minimum absolute atomic E-state index is 0.0961. The minimum Gasteiger partial charge on any atom is -0.263 e. The van der Waals surface area contributed by atoms with Gasteiger partial charge in [-0.15, -0.1) is 0 Å². The Balaban J connectivity index is 2.38. The zero-order chi connectivity index (χ0) is 15.6. The highest BCUT2D eigenvalue weighted by Crippen LogP contribution is 2.27. The Morgan fingerprint density at radius 1 is 1.29 bits per heavy atom. The van der Waals surface area contributed by atoms with E-state index in [2.05, 4.69) is 25.6 Å². The van der Waals surface area contributed by atoms with Crippen molar-refractivity contribution in [1.29, 1.82) is 0 Å². The number of aromatic nitrogens is 1. The molecule has 0 bridgehead atoms. The first kappa shape index (κ1) is 15.7. The molecule has 0 atom stereocenters. The fraction of sp³-hybridized carbons (Fsp3) is 0. The largest absolute Gasteiger partial charge is 0.271 e. The molecule has 7 nitrogen and oxygen atoms in total. The van der Waals surface area contributed by atoms with Crippen LogP contribution in [-0.4, -0.2) is 18.3 Å². The quantitative estimate of drug-likeness (QED) is 0.489. The number of hydrogen-bond acceptors (Lipinski definition) is 5. The second-order valence-corrected chi connectivity index (χ2v) is 6.69. The normalized spacial score (nSPS) is 11.1. The van der Waals surface area contributed by atoms with Gasteiger partial charge < -0.3 is 0 Å². The molecule has 2 rings (SSSR count). The molecule has 10 heteroatoms. The van der Waals surface area contributed by atoms with E-state index in [0.29, 0.717) is 4.60 Å². The molecule has 110 valence electrons. The first-order chi connectivity index (χ1) is 9.79. The number of hydrogen-bond donors (Lipinski definition) is 1. The van der Waals surface area contributed by atoms with Crippen LogP contribution in [-0.2, 0) is 10.0 Å². The van der Waals surface area contributed by atoms with Crippen LogP contribution in [0.4, 0.5) is 11.5 Å². The fourth-order valence-corrected chi connectivity index (χ4v) is 3.36. The standard InChI is InChI=1S/C11H7BrClN3O4S/c12-10-2-1-3-11(14-10)15-21(19,20)9-5-4-7(16(17)18)6-8(9)13/h1-6H,(H,14,15). The maximum Gasteiger partial charge on any atom is 0.271 e. The van der Waals surface area contributed by atoms with Gasteiger partial charge in [0.1, 0.15) is 15.3 Å². The first-order valence-electron chi connectivity index (χ1n) is 5.39. The second kappa shape index (κ2) is 5.96. The molecule has 0 unspecified atom stereocenters. The summed E-state index contributed by atoms with van der Waals surface area (Å²) in [5, 5.41) is 10.4. The average molecular weight is 393 g/mol. The Labute approximate surface area is 133 Å². The Hall–Kier alpha value is -1.71. The molecular formula is C11H7BrClN3O4S. The summed E-state index contributed by atoms with van der Waals surface area (Å²) in [6, 6.07) is 7.81. The van der Waals surface area contributed by atoms with Crippen molar-refractivity contribution in [3.05, 3.63) is 56.1 Å². The van der Waals surface area contributed by atoms with E-state index in [-0.39, 0.29) is 21.4 Å². The zero-order valence-corrected chi connectivity index (χ0v) is 13.3. The molecule has 0 radical (unpaired) electrons. The van der Waals surface area contributed by atoms with Gasteiger partial charge in [0.15, 0.2) is 0 Å². The maximum absolute atomic E-state index is 12.2. The van der Waals surface area contributed by atoms with Crippen molar-refractivity contribution in [2.45, 2.75) is 4.90 Å². The van der Waals surface area contributed by atoms with Crippen LogP contribution in [0.2, 0.25) is 5.02 Å². The van der Waals surface area contributed by atoms with Crippen LogP contribution in [0.1, 0.15) is 0 Å². The smallest absolute Gasteiger partial charge is 0.263 e. The van der Waals surface area contributed by atoms with E-state index in [1.165, 1.54) is 6.07 Å². The molecule has 1 heterocycles. The summed E-state index contributed by atoms with van der Waals surface area (Å²) in [6.45, 7) is 0.